The highest BCUT2D eigenvalue weighted by molar-refractivity contribution is 5.70. The van der Waals surface area contributed by atoms with E-state index in [0.29, 0.717) is 13.0 Å². The fourth-order valence-corrected chi connectivity index (χ4v) is 1.69. The molecule has 1 atom stereocenters. The second kappa shape index (κ2) is 3.53. The summed E-state index contributed by atoms with van der Waals surface area (Å²) in [6, 6.07) is 6.21. The molecular weight excluding hydrogens is 197 g/mol. The van der Waals surface area contributed by atoms with Crippen LogP contribution in [-0.2, 0) is 11.2 Å². The van der Waals surface area contributed by atoms with Gasteiger partial charge in [0.05, 0.1) is 6.54 Å². The summed E-state index contributed by atoms with van der Waals surface area (Å²) in [6.07, 6.45) is 0.200. The third-order valence-corrected chi connectivity index (χ3v) is 2.44. The number of hydrogen-bond acceptors (Lipinski definition) is 2. The number of alkyl carbamates (subject to hydrolysis) is 1. The molecule has 1 N–H and O–H groups in total. The summed E-state index contributed by atoms with van der Waals surface area (Å²) in [4.78, 5) is 10.9. The molecule has 3 nitrogen and oxygen atoms in total. The van der Waals surface area contributed by atoms with Gasteiger partial charge in [0.15, 0.2) is 0 Å². The first-order chi connectivity index (χ1) is 7.07. The first kappa shape index (κ1) is 9.96. The lowest BCUT2D eigenvalue weighted by molar-refractivity contribution is 0.0725. The van der Waals surface area contributed by atoms with Gasteiger partial charge < -0.3 is 10.1 Å². The van der Waals surface area contributed by atoms with E-state index in [2.05, 4.69) is 5.32 Å². The van der Waals surface area contributed by atoms with Crippen molar-refractivity contribution in [1.82, 2.24) is 5.32 Å². The summed E-state index contributed by atoms with van der Waals surface area (Å²) >= 11 is 0. The molecule has 0 bridgehead atoms. The smallest absolute Gasteiger partial charge is 0.407 e. The molecule has 0 saturated carbocycles. The zero-order valence-corrected chi connectivity index (χ0v) is 8.42. The highest BCUT2D eigenvalue weighted by Gasteiger charge is 2.35. The van der Waals surface area contributed by atoms with Crippen molar-refractivity contribution in [3.8, 4) is 0 Å². The number of benzene rings is 1. The third-order valence-electron chi connectivity index (χ3n) is 2.44. The van der Waals surface area contributed by atoms with Gasteiger partial charge in [0.25, 0.3) is 0 Å². The van der Waals surface area contributed by atoms with Crippen LogP contribution in [0.15, 0.2) is 24.3 Å². The van der Waals surface area contributed by atoms with Gasteiger partial charge in [0, 0.05) is 6.42 Å². The van der Waals surface area contributed by atoms with Gasteiger partial charge in [-0.2, -0.15) is 0 Å². The van der Waals surface area contributed by atoms with E-state index in [4.69, 9.17) is 4.74 Å². The molecule has 1 aliphatic heterocycles. The maximum atomic E-state index is 12.7. The summed E-state index contributed by atoms with van der Waals surface area (Å²) in [7, 11) is 0. The largest absolute Gasteiger partial charge is 0.441 e. The van der Waals surface area contributed by atoms with Crippen molar-refractivity contribution in [1.29, 1.82) is 0 Å². The Hall–Kier alpha value is -1.58. The molecule has 0 aliphatic carbocycles. The van der Waals surface area contributed by atoms with Gasteiger partial charge in [-0.25, -0.2) is 9.18 Å². The van der Waals surface area contributed by atoms with E-state index >= 15 is 0 Å². The van der Waals surface area contributed by atoms with Crippen molar-refractivity contribution in [2.24, 2.45) is 0 Å². The van der Waals surface area contributed by atoms with Crippen LogP contribution in [0, 0.1) is 5.82 Å². The topological polar surface area (TPSA) is 38.3 Å². The quantitative estimate of drug-likeness (QED) is 0.807. The standard InChI is InChI=1S/C11H12FNO2/c1-11(7-13-10(14)15-11)6-8-2-4-9(12)5-3-8/h2-5H,6-7H2,1H3,(H,13,14). The van der Waals surface area contributed by atoms with Gasteiger partial charge in [-0.15, -0.1) is 0 Å². The van der Waals surface area contributed by atoms with E-state index in [1.807, 2.05) is 6.92 Å². The minimum absolute atomic E-state index is 0.259. The molecule has 1 unspecified atom stereocenters. The number of cyclic esters (lactones) is 1. The number of nitrogens with one attached hydrogen (secondary N) is 1. The summed E-state index contributed by atoms with van der Waals surface area (Å²) in [5.41, 5.74) is 0.435. The van der Waals surface area contributed by atoms with Gasteiger partial charge >= 0.3 is 6.09 Å². The highest BCUT2D eigenvalue weighted by atomic mass is 19.1. The molecule has 1 heterocycles. The number of carbonyl (C=O) groups is 1. The van der Waals surface area contributed by atoms with E-state index < -0.39 is 5.60 Å². The normalized spacial score (nSPS) is 24.8. The van der Waals surface area contributed by atoms with Gasteiger partial charge in [-0.1, -0.05) is 12.1 Å². The molecule has 1 fully saturated rings. The summed E-state index contributed by atoms with van der Waals surface area (Å²) in [5.74, 6) is -0.259. The van der Waals surface area contributed by atoms with Crippen molar-refractivity contribution in [3.63, 3.8) is 0 Å². The molecular formula is C11H12FNO2. The molecule has 15 heavy (non-hydrogen) atoms. The SMILES string of the molecule is CC1(Cc2ccc(F)cc2)CNC(=O)O1. The van der Waals surface area contributed by atoms with Crippen LogP contribution in [0.5, 0.6) is 0 Å². The fourth-order valence-electron chi connectivity index (χ4n) is 1.69. The second-order valence-electron chi connectivity index (χ2n) is 4.00. The molecule has 1 amide bonds. The molecule has 1 aromatic carbocycles. The summed E-state index contributed by atoms with van der Waals surface area (Å²) < 4.78 is 17.8. The monoisotopic (exact) mass is 209 g/mol. The highest BCUT2D eigenvalue weighted by Crippen LogP contribution is 2.21. The van der Waals surface area contributed by atoms with Crippen LogP contribution in [0.2, 0.25) is 0 Å². The Labute approximate surface area is 87.2 Å². The summed E-state index contributed by atoms with van der Waals surface area (Å²) in [5, 5.41) is 2.61. The number of hydrogen-bond donors (Lipinski definition) is 1. The van der Waals surface area contributed by atoms with E-state index in [1.54, 1.807) is 12.1 Å². The van der Waals surface area contributed by atoms with E-state index in [0.717, 1.165) is 5.56 Å². The molecule has 1 aromatic rings. The van der Waals surface area contributed by atoms with E-state index in [9.17, 15) is 9.18 Å². The Kier molecular flexibility index (Phi) is 2.34. The van der Waals surface area contributed by atoms with E-state index in [1.165, 1.54) is 12.1 Å². The first-order valence-electron chi connectivity index (χ1n) is 4.79. The number of rotatable bonds is 2. The molecule has 80 valence electrons. The molecule has 4 heteroatoms. The number of carbonyl (C=O) groups excluding carboxylic acids is 1. The van der Waals surface area contributed by atoms with Gasteiger partial charge in [0.1, 0.15) is 11.4 Å². The predicted octanol–water partition coefficient (Wildman–Crippen LogP) is 1.87. The predicted molar refractivity (Wildman–Crippen MR) is 53.0 cm³/mol. The van der Waals surface area contributed by atoms with Crippen molar-refractivity contribution < 1.29 is 13.9 Å². The van der Waals surface area contributed by atoms with E-state index in [-0.39, 0.29) is 11.9 Å². The zero-order chi connectivity index (χ0) is 10.9. The summed E-state index contributed by atoms with van der Waals surface area (Å²) in [6.45, 7) is 2.34. The average Bonchev–Trinajstić information content (AvgIpc) is 2.50. The maximum Gasteiger partial charge on any atom is 0.407 e. The van der Waals surface area contributed by atoms with Crippen LogP contribution in [-0.4, -0.2) is 18.2 Å². The van der Waals surface area contributed by atoms with Crippen molar-refractivity contribution in [2.75, 3.05) is 6.54 Å². The average molecular weight is 209 g/mol. The Morgan fingerprint density at radius 1 is 1.47 bits per heavy atom. The number of halogens is 1. The van der Waals surface area contributed by atoms with Crippen LogP contribution >= 0.6 is 0 Å². The lowest BCUT2D eigenvalue weighted by atomic mass is 9.97. The Bertz CT molecular complexity index is 377. The first-order valence-corrected chi connectivity index (χ1v) is 4.79. The van der Waals surface area contributed by atoms with Gasteiger partial charge in [-0.3, -0.25) is 0 Å². The molecule has 0 aromatic heterocycles. The Morgan fingerprint density at radius 2 is 2.13 bits per heavy atom. The molecule has 0 spiro atoms. The lowest BCUT2D eigenvalue weighted by Gasteiger charge is -2.20. The molecule has 1 aliphatic rings. The van der Waals surface area contributed by atoms with Crippen molar-refractivity contribution in [3.05, 3.63) is 35.6 Å². The van der Waals surface area contributed by atoms with Gasteiger partial charge in [-0.05, 0) is 24.6 Å². The fraction of sp³-hybridized carbons (Fsp3) is 0.364. The lowest BCUT2D eigenvalue weighted by Crippen LogP contribution is -2.31. The van der Waals surface area contributed by atoms with Crippen molar-refractivity contribution >= 4 is 6.09 Å². The maximum absolute atomic E-state index is 12.7. The Balaban J connectivity index is 2.08. The number of amides is 1. The third kappa shape index (κ3) is 2.26. The van der Waals surface area contributed by atoms with Crippen LogP contribution < -0.4 is 5.32 Å². The zero-order valence-electron chi connectivity index (χ0n) is 8.42. The van der Waals surface area contributed by atoms with Crippen molar-refractivity contribution in [2.45, 2.75) is 18.9 Å². The minimum atomic E-state index is -0.519. The van der Waals surface area contributed by atoms with Crippen LogP contribution in [0.1, 0.15) is 12.5 Å². The molecule has 2 rings (SSSR count). The second-order valence-corrected chi connectivity index (χ2v) is 4.00. The minimum Gasteiger partial charge on any atom is -0.441 e. The van der Waals surface area contributed by atoms with Crippen LogP contribution in [0.4, 0.5) is 9.18 Å². The molecule has 0 radical (unpaired) electrons. The molecule has 1 saturated heterocycles. The Morgan fingerprint density at radius 3 is 2.67 bits per heavy atom. The number of ether oxygens (including phenoxy) is 1. The van der Waals surface area contributed by atoms with Crippen LogP contribution in [0.3, 0.4) is 0 Å². The van der Waals surface area contributed by atoms with Crippen LogP contribution in [0.25, 0.3) is 0 Å². The van der Waals surface area contributed by atoms with Gasteiger partial charge in [0.2, 0.25) is 0 Å².